The maximum atomic E-state index is 5.92. The molecule has 0 bridgehead atoms. The summed E-state index contributed by atoms with van der Waals surface area (Å²) in [7, 11) is 3.71. The Morgan fingerprint density at radius 3 is 2.75 bits per heavy atom. The van der Waals surface area contributed by atoms with Gasteiger partial charge in [0.05, 0.1) is 13.3 Å². The molecule has 0 aliphatic carbocycles. The fourth-order valence-electron chi connectivity index (χ4n) is 2.35. The van der Waals surface area contributed by atoms with Gasteiger partial charge in [0.1, 0.15) is 11.9 Å². The van der Waals surface area contributed by atoms with E-state index in [4.69, 9.17) is 15.2 Å². The highest BCUT2D eigenvalue weighted by Gasteiger charge is 2.26. The van der Waals surface area contributed by atoms with Gasteiger partial charge < -0.3 is 15.2 Å². The van der Waals surface area contributed by atoms with Crippen LogP contribution in [0.2, 0.25) is 0 Å². The molecule has 0 spiro atoms. The molecule has 20 heavy (non-hydrogen) atoms. The normalized spacial score (nSPS) is 15.9. The van der Waals surface area contributed by atoms with Crippen molar-refractivity contribution in [3.8, 4) is 22.6 Å². The molecule has 1 fully saturated rings. The Morgan fingerprint density at radius 2 is 2.15 bits per heavy atom. The SMILES string of the molecule is COc1cc(-c2cn[nH]c2N)ccc1OC1CN(C)C1. The van der Waals surface area contributed by atoms with Crippen LogP contribution >= 0.6 is 0 Å². The lowest BCUT2D eigenvalue weighted by Crippen LogP contribution is -2.51. The van der Waals surface area contributed by atoms with Gasteiger partial charge in [-0.25, -0.2) is 0 Å². The number of rotatable bonds is 4. The van der Waals surface area contributed by atoms with Crippen molar-refractivity contribution in [1.82, 2.24) is 15.1 Å². The maximum Gasteiger partial charge on any atom is 0.161 e. The lowest BCUT2D eigenvalue weighted by Gasteiger charge is -2.36. The third-order valence-electron chi connectivity index (χ3n) is 3.47. The van der Waals surface area contributed by atoms with E-state index in [1.165, 1.54) is 0 Å². The first kappa shape index (κ1) is 12.8. The zero-order chi connectivity index (χ0) is 14.1. The number of aromatic nitrogens is 2. The van der Waals surface area contributed by atoms with E-state index in [-0.39, 0.29) is 6.10 Å². The Morgan fingerprint density at radius 1 is 1.35 bits per heavy atom. The van der Waals surface area contributed by atoms with Crippen LogP contribution in [-0.4, -0.2) is 48.4 Å². The van der Waals surface area contributed by atoms with Crippen molar-refractivity contribution < 1.29 is 9.47 Å². The Bertz CT molecular complexity index is 605. The second kappa shape index (κ2) is 5.05. The number of hydrogen-bond acceptors (Lipinski definition) is 5. The lowest BCUT2D eigenvalue weighted by atomic mass is 10.1. The van der Waals surface area contributed by atoms with Crippen LogP contribution in [0.5, 0.6) is 11.5 Å². The molecule has 1 aromatic carbocycles. The molecule has 1 aromatic heterocycles. The summed E-state index contributed by atoms with van der Waals surface area (Å²) in [5.74, 6) is 2.01. The lowest BCUT2D eigenvalue weighted by molar-refractivity contribution is 0.0370. The summed E-state index contributed by atoms with van der Waals surface area (Å²) in [4.78, 5) is 2.21. The van der Waals surface area contributed by atoms with E-state index in [9.17, 15) is 0 Å². The summed E-state index contributed by atoms with van der Waals surface area (Å²) >= 11 is 0. The Kier molecular flexibility index (Phi) is 3.23. The molecule has 1 aliphatic heterocycles. The van der Waals surface area contributed by atoms with Gasteiger partial charge in [0.2, 0.25) is 0 Å². The molecular weight excluding hydrogens is 256 g/mol. The summed E-state index contributed by atoms with van der Waals surface area (Å²) < 4.78 is 11.3. The van der Waals surface area contributed by atoms with Crippen molar-refractivity contribution in [1.29, 1.82) is 0 Å². The Balaban J connectivity index is 1.84. The monoisotopic (exact) mass is 274 g/mol. The summed E-state index contributed by atoms with van der Waals surface area (Å²) in [5.41, 5.74) is 7.64. The number of nitrogens with two attached hydrogens (primary N) is 1. The van der Waals surface area contributed by atoms with E-state index in [0.717, 1.165) is 30.0 Å². The van der Waals surface area contributed by atoms with E-state index in [1.54, 1.807) is 13.3 Å². The van der Waals surface area contributed by atoms with Crippen molar-refractivity contribution >= 4 is 5.82 Å². The van der Waals surface area contributed by atoms with Crippen molar-refractivity contribution in [2.45, 2.75) is 6.10 Å². The van der Waals surface area contributed by atoms with Gasteiger partial charge in [0.15, 0.2) is 11.5 Å². The molecule has 0 atom stereocenters. The van der Waals surface area contributed by atoms with E-state index < -0.39 is 0 Å². The molecule has 6 nitrogen and oxygen atoms in total. The first-order valence-electron chi connectivity index (χ1n) is 6.50. The number of likely N-dealkylation sites (tertiary alicyclic amines) is 1. The molecule has 3 N–H and O–H groups in total. The predicted octanol–water partition coefficient (Wildman–Crippen LogP) is 1.36. The second-order valence-corrected chi connectivity index (χ2v) is 5.02. The molecule has 2 aromatic rings. The number of nitrogens with one attached hydrogen (secondary N) is 1. The molecule has 6 heteroatoms. The van der Waals surface area contributed by atoms with Gasteiger partial charge in [-0.1, -0.05) is 6.07 Å². The van der Waals surface area contributed by atoms with Gasteiger partial charge in [0, 0.05) is 18.7 Å². The van der Waals surface area contributed by atoms with Crippen LogP contribution in [0.4, 0.5) is 5.82 Å². The number of ether oxygens (including phenoxy) is 2. The molecule has 0 amide bonds. The largest absolute Gasteiger partial charge is 0.493 e. The van der Waals surface area contributed by atoms with Crippen LogP contribution in [0.25, 0.3) is 11.1 Å². The summed E-state index contributed by atoms with van der Waals surface area (Å²) in [5, 5.41) is 6.65. The third-order valence-corrected chi connectivity index (χ3v) is 3.47. The molecule has 1 aliphatic rings. The number of likely N-dealkylation sites (N-methyl/N-ethyl adjacent to an activating group) is 1. The zero-order valence-electron chi connectivity index (χ0n) is 11.6. The molecular formula is C14H18N4O2. The average molecular weight is 274 g/mol. The zero-order valence-corrected chi connectivity index (χ0v) is 11.6. The van der Waals surface area contributed by atoms with Crippen LogP contribution < -0.4 is 15.2 Å². The minimum absolute atomic E-state index is 0.235. The Labute approximate surface area is 117 Å². The molecule has 1 saturated heterocycles. The number of H-pyrrole nitrogens is 1. The van der Waals surface area contributed by atoms with Crippen LogP contribution in [-0.2, 0) is 0 Å². The first-order chi connectivity index (χ1) is 9.67. The number of nitrogen functional groups attached to an aromatic ring is 1. The quantitative estimate of drug-likeness (QED) is 0.880. The molecule has 0 unspecified atom stereocenters. The van der Waals surface area contributed by atoms with Crippen LogP contribution in [0.15, 0.2) is 24.4 Å². The highest BCUT2D eigenvalue weighted by atomic mass is 16.5. The van der Waals surface area contributed by atoms with E-state index >= 15 is 0 Å². The van der Waals surface area contributed by atoms with E-state index in [0.29, 0.717) is 11.6 Å². The van der Waals surface area contributed by atoms with Crippen LogP contribution in [0, 0.1) is 0 Å². The number of methoxy groups -OCH3 is 1. The third kappa shape index (κ3) is 2.30. The smallest absolute Gasteiger partial charge is 0.161 e. The van der Waals surface area contributed by atoms with Crippen molar-refractivity contribution in [2.75, 3.05) is 33.0 Å². The van der Waals surface area contributed by atoms with Gasteiger partial charge in [-0.15, -0.1) is 0 Å². The highest BCUT2D eigenvalue weighted by Crippen LogP contribution is 2.35. The predicted molar refractivity (Wildman–Crippen MR) is 76.9 cm³/mol. The fourth-order valence-corrected chi connectivity index (χ4v) is 2.35. The van der Waals surface area contributed by atoms with Crippen LogP contribution in [0.3, 0.4) is 0 Å². The van der Waals surface area contributed by atoms with Gasteiger partial charge in [-0.05, 0) is 24.7 Å². The van der Waals surface area contributed by atoms with E-state index in [1.807, 2.05) is 18.2 Å². The second-order valence-electron chi connectivity index (χ2n) is 5.02. The average Bonchev–Trinajstić information content (AvgIpc) is 2.83. The summed E-state index contributed by atoms with van der Waals surface area (Å²) in [6.07, 6.45) is 1.93. The highest BCUT2D eigenvalue weighted by molar-refractivity contribution is 5.75. The number of hydrogen-bond donors (Lipinski definition) is 2. The standard InChI is InChI=1S/C14H18N4O2/c1-18-7-10(8-18)20-12-4-3-9(5-13(12)19-2)11-6-16-17-14(11)15/h3-6,10H,7-8H2,1-2H3,(H3,15,16,17). The van der Waals surface area contributed by atoms with Crippen LogP contribution in [0.1, 0.15) is 0 Å². The minimum Gasteiger partial charge on any atom is -0.493 e. The fraction of sp³-hybridized carbons (Fsp3) is 0.357. The summed E-state index contributed by atoms with van der Waals surface area (Å²) in [6.45, 7) is 1.89. The number of nitrogens with zero attached hydrogens (tertiary/aromatic N) is 2. The number of aromatic amines is 1. The van der Waals surface area contributed by atoms with Gasteiger partial charge in [-0.2, -0.15) is 5.10 Å². The molecule has 2 heterocycles. The Hall–Kier alpha value is -2.21. The van der Waals surface area contributed by atoms with Crippen molar-refractivity contribution in [2.24, 2.45) is 0 Å². The maximum absolute atomic E-state index is 5.92. The summed E-state index contributed by atoms with van der Waals surface area (Å²) in [6, 6.07) is 5.79. The number of benzene rings is 1. The minimum atomic E-state index is 0.235. The topological polar surface area (TPSA) is 76.4 Å². The molecule has 106 valence electrons. The van der Waals surface area contributed by atoms with Crippen molar-refractivity contribution in [3.63, 3.8) is 0 Å². The van der Waals surface area contributed by atoms with Crippen molar-refractivity contribution in [3.05, 3.63) is 24.4 Å². The first-order valence-corrected chi connectivity index (χ1v) is 6.50. The van der Waals surface area contributed by atoms with E-state index in [2.05, 4.69) is 22.1 Å². The van der Waals surface area contributed by atoms with Gasteiger partial charge in [-0.3, -0.25) is 10.00 Å². The molecule has 3 rings (SSSR count). The van der Waals surface area contributed by atoms with Gasteiger partial charge >= 0.3 is 0 Å². The van der Waals surface area contributed by atoms with Gasteiger partial charge in [0.25, 0.3) is 0 Å². The molecule has 0 saturated carbocycles. The number of anilines is 1. The molecule has 0 radical (unpaired) electrons.